The van der Waals surface area contributed by atoms with Crippen molar-refractivity contribution in [3.8, 4) is 0 Å². The Morgan fingerprint density at radius 2 is 2.03 bits per heavy atom. The van der Waals surface area contributed by atoms with Gasteiger partial charge in [0, 0.05) is 44.3 Å². The van der Waals surface area contributed by atoms with Crippen LogP contribution in [0.3, 0.4) is 0 Å². The minimum atomic E-state index is -0.179. The van der Waals surface area contributed by atoms with Crippen LogP contribution < -0.4 is 15.5 Å². The van der Waals surface area contributed by atoms with E-state index in [0.717, 1.165) is 43.6 Å². The number of pyridine rings is 1. The summed E-state index contributed by atoms with van der Waals surface area (Å²) in [5, 5.41) is 13.4. The van der Waals surface area contributed by atoms with Gasteiger partial charge in [-0.05, 0) is 49.9 Å². The van der Waals surface area contributed by atoms with E-state index in [1.807, 2.05) is 41.1 Å². The molecule has 180 valence electrons. The van der Waals surface area contributed by atoms with Gasteiger partial charge in [-0.15, -0.1) is 0 Å². The van der Waals surface area contributed by atoms with Crippen molar-refractivity contribution < 1.29 is 9.53 Å². The fraction of sp³-hybridized carbons (Fsp3) is 0.375. The van der Waals surface area contributed by atoms with Gasteiger partial charge < -0.3 is 20.3 Å². The van der Waals surface area contributed by atoms with Gasteiger partial charge in [0.25, 0.3) is 5.91 Å². The first-order chi connectivity index (χ1) is 17.2. The summed E-state index contributed by atoms with van der Waals surface area (Å²) in [5.41, 5.74) is 2.19. The highest BCUT2D eigenvalue weighted by Crippen LogP contribution is 2.34. The number of nitrogens with one attached hydrogen (secondary N) is 3. The monoisotopic (exact) mass is 473 g/mol. The van der Waals surface area contributed by atoms with Crippen molar-refractivity contribution >= 4 is 29.3 Å². The number of hydrogen-bond donors (Lipinski definition) is 3. The third-order valence-corrected chi connectivity index (χ3v) is 6.53. The summed E-state index contributed by atoms with van der Waals surface area (Å²) >= 11 is 0. The number of anilines is 3. The maximum Gasteiger partial charge on any atom is 0.269 e. The molecule has 0 aliphatic carbocycles. The van der Waals surface area contributed by atoms with Crippen molar-refractivity contribution in [3.05, 3.63) is 60.2 Å². The van der Waals surface area contributed by atoms with Gasteiger partial charge in [0.15, 0.2) is 5.82 Å². The van der Waals surface area contributed by atoms with E-state index in [1.165, 1.54) is 0 Å². The van der Waals surface area contributed by atoms with Crippen LogP contribution in [-0.2, 0) is 4.74 Å². The average molecular weight is 474 g/mol. The molecule has 4 aromatic heterocycles. The Labute approximate surface area is 201 Å². The maximum atomic E-state index is 12.7. The Bertz CT molecular complexity index is 1310. The summed E-state index contributed by atoms with van der Waals surface area (Å²) in [6.07, 6.45) is 7.40. The fourth-order valence-electron chi connectivity index (χ4n) is 4.74. The van der Waals surface area contributed by atoms with Gasteiger partial charge in [-0.2, -0.15) is 15.1 Å². The predicted molar refractivity (Wildman–Crippen MR) is 130 cm³/mol. The SMILES string of the molecule is O=C(NC1CCOCC1)c1cc(Nc2nc(N3CCCC3c3ccccn3)nc3cccn23)n[nH]1. The van der Waals surface area contributed by atoms with Crippen molar-refractivity contribution in [1.82, 2.24) is 34.9 Å². The van der Waals surface area contributed by atoms with Gasteiger partial charge in [0.2, 0.25) is 11.9 Å². The van der Waals surface area contributed by atoms with Crippen molar-refractivity contribution in [1.29, 1.82) is 0 Å². The van der Waals surface area contributed by atoms with E-state index < -0.39 is 0 Å². The van der Waals surface area contributed by atoms with E-state index in [2.05, 4.69) is 36.8 Å². The first-order valence-corrected chi connectivity index (χ1v) is 12.0. The number of H-pyrrole nitrogens is 1. The van der Waals surface area contributed by atoms with Crippen LogP contribution in [0.1, 0.15) is 47.9 Å². The molecule has 2 saturated heterocycles. The Balaban J connectivity index is 1.24. The number of nitrogens with zero attached hydrogens (tertiary/aromatic N) is 6. The number of ether oxygens (including phenoxy) is 1. The van der Waals surface area contributed by atoms with Gasteiger partial charge in [0.05, 0.1) is 11.7 Å². The largest absolute Gasteiger partial charge is 0.381 e. The van der Waals surface area contributed by atoms with Crippen molar-refractivity contribution in [2.24, 2.45) is 0 Å². The number of carbonyl (C=O) groups excluding carboxylic acids is 1. The molecular formula is C24H27N9O2. The summed E-state index contributed by atoms with van der Waals surface area (Å²) < 4.78 is 7.23. The zero-order chi connectivity index (χ0) is 23.6. The molecule has 0 aromatic carbocycles. The van der Waals surface area contributed by atoms with E-state index in [9.17, 15) is 4.79 Å². The highest BCUT2D eigenvalue weighted by atomic mass is 16.5. The lowest BCUT2D eigenvalue weighted by Crippen LogP contribution is -2.39. The number of aromatic nitrogens is 6. The highest BCUT2D eigenvalue weighted by molar-refractivity contribution is 5.93. The maximum absolute atomic E-state index is 12.7. The Morgan fingerprint density at radius 1 is 1.11 bits per heavy atom. The first-order valence-electron chi connectivity index (χ1n) is 12.0. The standard InChI is InChI=1S/C24H27N9O2/c34-22(26-16-8-13-35-14-9-16)18-15-20(31-30-18)27-23-29-24(28-21-7-4-12-33(21)23)32-11-3-6-19(32)17-5-1-2-10-25-17/h1-2,4-5,7,10,12,15-16,19H,3,6,8-9,11,13-14H2,(H,26,34)(H2,27,28,29,30,31). The van der Waals surface area contributed by atoms with Crippen LogP contribution in [-0.4, -0.2) is 61.3 Å². The summed E-state index contributed by atoms with van der Waals surface area (Å²) in [5.74, 6) is 1.54. The van der Waals surface area contributed by atoms with E-state index in [4.69, 9.17) is 14.7 Å². The molecule has 0 radical (unpaired) electrons. The van der Waals surface area contributed by atoms with E-state index in [1.54, 1.807) is 6.07 Å². The summed E-state index contributed by atoms with van der Waals surface area (Å²) in [4.78, 5) is 29.1. The second kappa shape index (κ2) is 9.34. The molecule has 0 saturated carbocycles. The van der Waals surface area contributed by atoms with Gasteiger partial charge >= 0.3 is 0 Å². The van der Waals surface area contributed by atoms with Gasteiger partial charge in [-0.1, -0.05) is 6.07 Å². The lowest BCUT2D eigenvalue weighted by molar-refractivity contribution is 0.0694. The van der Waals surface area contributed by atoms with Gasteiger partial charge in [-0.25, -0.2) is 0 Å². The number of hydrogen-bond acceptors (Lipinski definition) is 8. The van der Waals surface area contributed by atoms with E-state index in [-0.39, 0.29) is 18.0 Å². The molecule has 35 heavy (non-hydrogen) atoms. The third kappa shape index (κ3) is 4.42. The molecule has 1 unspecified atom stereocenters. The second-order valence-corrected chi connectivity index (χ2v) is 8.84. The smallest absolute Gasteiger partial charge is 0.269 e. The molecule has 0 bridgehead atoms. The second-order valence-electron chi connectivity index (χ2n) is 8.84. The third-order valence-electron chi connectivity index (χ3n) is 6.53. The molecule has 1 atom stereocenters. The quantitative estimate of drug-likeness (QED) is 0.390. The minimum absolute atomic E-state index is 0.118. The molecule has 3 N–H and O–H groups in total. The summed E-state index contributed by atoms with van der Waals surface area (Å²) in [6, 6.07) is 11.8. The zero-order valence-electron chi connectivity index (χ0n) is 19.2. The normalized spacial score (nSPS) is 18.7. The van der Waals surface area contributed by atoms with Crippen LogP contribution in [0.4, 0.5) is 17.7 Å². The molecule has 2 aliphatic heterocycles. The number of amides is 1. The first kappa shape index (κ1) is 21.5. The molecule has 11 heteroatoms. The Hall–Kier alpha value is -3.99. The highest BCUT2D eigenvalue weighted by Gasteiger charge is 2.30. The Morgan fingerprint density at radius 3 is 2.89 bits per heavy atom. The van der Waals surface area contributed by atoms with Crippen molar-refractivity contribution in [3.63, 3.8) is 0 Å². The van der Waals surface area contributed by atoms with Crippen molar-refractivity contribution in [2.45, 2.75) is 37.8 Å². The molecule has 6 heterocycles. The van der Waals surface area contributed by atoms with E-state index >= 15 is 0 Å². The number of fused-ring (bicyclic) bond motifs is 1. The van der Waals surface area contributed by atoms with Crippen LogP contribution >= 0.6 is 0 Å². The zero-order valence-corrected chi connectivity index (χ0v) is 19.2. The lowest BCUT2D eigenvalue weighted by Gasteiger charge is -2.24. The molecule has 2 aliphatic rings. The molecular weight excluding hydrogens is 446 g/mol. The summed E-state index contributed by atoms with van der Waals surface area (Å²) in [7, 11) is 0. The summed E-state index contributed by atoms with van der Waals surface area (Å²) in [6.45, 7) is 2.19. The number of rotatable bonds is 6. The van der Waals surface area contributed by atoms with Crippen LogP contribution in [0.15, 0.2) is 48.8 Å². The van der Waals surface area contributed by atoms with Crippen molar-refractivity contribution in [2.75, 3.05) is 30.0 Å². The molecule has 6 rings (SSSR count). The molecule has 4 aromatic rings. The van der Waals surface area contributed by atoms with Crippen LogP contribution in [0, 0.1) is 0 Å². The minimum Gasteiger partial charge on any atom is -0.381 e. The molecule has 11 nitrogen and oxygen atoms in total. The van der Waals surface area contributed by atoms with Gasteiger partial charge in [0.1, 0.15) is 11.3 Å². The average Bonchev–Trinajstić information content (AvgIpc) is 3.66. The van der Waals surface area contributed by atoms with E-state index in [0.29, 0.717) is 36.6 Å². The predicted octanol–water partition coefficient (Wildman–Crippen LogP) is 2.84. The number of carbonyl (C=O) groups is 1. The topological polar surface area (TPSA) is 125 Å². The molecule has 2 fully saturated rings. The fourth-order valence-corrected chi connectivity index (χ4v) is 4.74. The van der Waals surface area contributed by atoms with Crippen LogP contribution in [0.25, 0.3) is 5.65 Å². The molecule has 0 spiro atoms. The number of aromatic amines is 1. The van der Waals surface area contributed by atoms with Gasteiger partial charge in [-0.3, -0.25) is 19.3 Å². The Kier molecular flexibility index (Phi) is 5.75. The molecule has 1 amide bonds. The van der Waals surface area contributed by atoms with Crippen LogP contribution in [0.2, 0.25) is 0 Å². The lowest BCUT2D eigenvalue weighted by atomic mass is 10.1. The van der Waals surface area contributed by atoms with Crippen LogP contribution in [0.5, 0.6) is 0 Å².